The molecule has 0 radical (unpaired) electrons. The number of thioether (sulfide) groups is 1. The topological polar surface area (TPSA) is 38.1 Å². The summed E-state index contributed by atoms with van der Waals surface area (Å²) in [4.78, 5) is 5.51. The molecule has 1 unspecified atom stereocenters. The SMILES string of the molecule is Cc1ccccc1SCC(O)CCc1nccn1C. The van der Waals surface area contributed by atoms with Gasteiger partial charge in [-0.2, -0.15) is 0 Å². The Labute approximate surface area is 118 Å². The van der Waals surface area contributed by atoms with Crippen molar-refractivity contribution in [1.82, 2.24) is 9.55 Å². The quantitative estimate of drug-likeness (QED) is 0.825. The zero-order chi connectivity index (χ0) is 13.7. The van der Waals surface area contributed by atoms with Crippen LogP contribution >= 0.6 is 11.8 Å². The first-order chi connectivity index (χ1) is 9.16. The number of imidazole rings is 1. The van der Waals surface area contributed by atoms with E-state index in [-0.39, 0.29) is 6.10 Å². The van der Waals surface area contributed by atoms with Gasteiger partial charge in [0, 0.05) is 36.5 Å². The van der Waals surface area contributed by atoms with Crippen molar-refractivity contribution in [2.45, 2.75) is 30.8 Å². The van der Waals surface area contributed by atoms with Gasteiger partial charge in [0.15, 0.2) is 0 Å². The van der Waals surface area contributed by atoms with E-state index in [1.807, 2.05) is 29.9 Å². The van der Waals surface area contributed by atoms with Crippen LogP contribution in [0.3, 0.4) is 0 Å². The summed E-state index contributed by atoms with van der Waals surface area (Å²) in [5, 5.41) is 10.0. The normalized spacial score (nSPS) is 12.6. The standard InChI is InChI=1S/C15H20N2OS/c1-12-5-3-4-6-14(12)19-11-13(18)7-8-15-16-9-10-17(15)2/h3-6,9-10,13,18H,7-8,11H2,1-2H3. The molecule has 0 saturated carbocycles. The third kappa shape index (κ3) is 4.11. The molecule has 19 heavy (non-hydrogen) atoms. The van der Waals surface area contributed by atoms with E-state index in [9.17, 15) is 5.11 Å². The third-order valence-corrected chi connectivity index (χ3v) is 4.47. The molecule has 0 fully saturated rings. The highest BCUT2D eigenvalue weighted by atomic mass is 32.2. The van der Waals surface area contributed by atoms with Crippen LogP contribution in [-0.2, 0) is 13.5 Å². The first-order valence-electron chi connectivity index (χ1n) is 6.49. The Morgan fingerprint density at radius 1 is 1.37 bits per heavy atom. The van der Waals surface area contributed by atoms with Crippen molar-refractivity contribution in [3.05, 3.63) is 48.0 Å². The monoisotopic (exact) mass is 276 g/mol. The van der Waals surface area contributed by atoms with Crippen LogP contribution in [0.2, 0.25) is 0 Å². The maximum absolute atomic E-state index is 10.0. The Morgan fingerprint density at radius 3 is 2.84 bits per heavy atom. The molecule has 3 nitrogen and oxygen atoms in total. The number of nitrogens with zero attached hydrogens (tertiary/aromatic N) is 2. The minimum absolute atomic E-state index is 0.290. The minimum atomic E-state index is -0.290. The van der Waals surface area contributed by atoms with Gasteiger partial charge < -0.3 is 9.67 Å². The molecule has 0 aliphatic rings. The zero-order valence-electron chi connectivity index (χ0n) is 11.4. The molecule has 2 rings (SSSR count). The molecule has 0 aliphatic carbocycles. The van der Waals surface area contributed by atoms with Crippen LogP contribution in [0.25, 0.3) is 0 Å². The van der Waals surface area contributed by atoms with Crippen LogP contribution in [0, 0.1) is 6.92 Å². The highest BCUT2D eigenvalue weighted by Crippen LogP contribution is 2.23. The highest BCUT2D eigenvalue weighted by Gasteiger charge is 2.08. The van der Waals surface area contributed by atoms with Gasteiger partial charge in [0.05, 0.1) is 6.10 Å². The van der Waals surface area contributed by atoms with Gasteiger partial charge in [0.25, 0.3) is 0 Å². The van der Waals surface area contributed by atoms with Crippen molar-refractivity contribution in [3.63, 3.8) is 0 Å². The molecule has 1 N–H and O–H groups in total. The number of aliphatic hydroxyl groups is 1. The van der Waals surface area contributed by atoms with E-state index in [1.165, 1.54) is 10.5 Å². The summed E-state index contributed by atoms with van der Waals surface area (Å²) in [6.45, 7) is 2.10. The molecule has 2 aromatic rings. The van der Waals surface area contributed by atoms with Gasteiger partial charge in [-0.05, 0) is 25.0 Å². The van der Waals surface area contributed by atoms with Crippen LogP contribution in [0.4, 0.5) is 0 Å². The summed E-state index contributed by atoms with van der Waals surface area (Å²) >= 11 is 1.72. The Balaban J connectivity index is 1.77. The fourth-order valence-corrected chi connectivity index (χ4v) is 2.93. The van der Waals surface area contributed by atoms with Crippen molar-refractivity contribution >= 4 is 11.8 Å². The molecule has 1 heterocycles. The van der Waals surface area contributed by atoms with Gasteiger partial charge in [-0.1, -0.05) is 18.2 Å². The van der Waals surface area contributed by atoms with E-state index < -0.39 is 0 Å². The van der Waals surface area contributed by atoms with Gasteiger partial charge in [-0.3, -0.25) is 0 Å². The molecule has 1 aromatic carbocycles. The van der Waals surface area contributed by atoms with E-state index in [0.717, 1.165) is 24.4 Å². The number of hydrogen-bond donors (Lipinski definition) is 1. The maximum Gasteiger partial charge on any atom is 0.108 e. The average Bonchev–Trinajstić information content (AvgIpc) is 2.81. The van der Waals surface area contributed by atoms with Gasteiger partial charge in [-0.25, -0.2) is 4.98 Å². The molecule has 102 valence electrons. The summed E-state index contributed by atoms with van der Waals surface area (Å²) in [6.07, 6.45) is 5.01. The van der Waals surface area contributed by atoms with Gasteiger partial charge in [0.2, 0.25) is 0 Å². The number of aliphatic hydroxyl groups excluding tert-OH is 1. The van der Waals surface area contributed by atoms with Crippen molar-refractivity contribution in [2.24, 2.45) is 7.05 Å². The molecule has 0 spiro atoms. The molecule has 4 heteroatoms. The molecule has 0 amide bonds. The van der Waals surface area contributed by atoms with Crippen LogP contribution in [0.5, 0.6) is 0 Å². The number of benzene rings is 1. The van der Waals surface area contributed by atoms with E-state index in [4.69, 9.17) is 0 Å². The summed E-state index contributed by atoms with van der Waals surface area (Å²) in [5.41, 5.74) is 1.27. The lowest BCUT2D eigenvalue weighted by molar-refractivity contribution is 0.188. The molecule has 0 aliphatic heterocycles. The maximum atomic E-state index is 10.0. The van der Waals surface area contributed by atoms with Gasteiger partial charge in [-0.15, -0.1) is 11.8 Å². The molecule has 1 aromatic heterocycles. The van der Waals surface area contributed by atoms with Crippen molar-refractivity contribution < 1.29 is 5.11 Å². The molecular formula is C15H20N2OS. The fourth-order valence-electron chi connectivity index (χ4n) is 1.92. The lowest BCUT2D eigenvalue weighted by atomic mass is 10.2. The van der Waals surface area contributed by atoms with Crippen LogP contribution in [-0.4, -0.2) is 26.5 Å². The van der Waals surface area contributed by atoms with Gasteiger partial charge in [0.1, 0.15) is 5.82 Å². The molecule has 0 bridgehead atoms. The predicted molar refractivity (Wildman–Crippen MR) is 79.4 cm³/mol. The second kappa shape index (κ2) is 6.78. The number of hydrogen-bond acceptors (Lipinski definition) is 3. The van der Waals surface area contributed by atoms with E-state index >= 15 is 0 Å². The number of rotatable bonds is 6. The molecule has 0 saturated heterocycles. The van der Waals surface area contributed by atoms with Crippen molar-refractivity contribution in [3.8, 4) is 0 Å². The number of aromatic nitrogens is 2. The smallest absolute Gasteiger partial charge is 0.108 e. The van der Waals surface area contributed by atoms with Crippen molar-refractivity contribution in [1.29, 1.82) is 0 Å². The van der Waals surface area contributed by atoms with Crippen LogP contribution < -0.4 is 0 Å². The van der Waals surface area contributed by atoms with E-state index in [0.29, 0.717) is 0 Å². The molecular weight excluding hydrogens is 256 g/mol. The molecule has 1 atom stereocenters. The summed E-state index contributed by atoms with van der Waals surface area (Å²) < 4.78 is 2.00. The zero-order valence-corrected chi connectivity index (χ0v) is 12.2. The fraction of sp³-hybridized carbons (Fsp3) is 0.400. The average molecular weight is 276 g/mol. The van der Waals surface area contributed by atoms with E-state index in [2.05, 4.69) is 24.0 Å². The first kappa shape index (κ1) is 14.2. The first-order valence-corrected chi connectivity index (χ1v) is 7.48. The minimum Gasteiger partial charge on any atom is -0.392 e. The number of aryl methyl sites for hydroxylation is 3. The van der Waals surface area contributed by atoms with E-state index in [1.54, 1.807) is 18.0 Å². The third-order valence-electron chi connectivity index (χ3n) is 3.15. The lowest BCUT2D eigenvalue weighted by Crippen LogP contribution is -2.12. The Morgan fingerprint density at radius 2 is 2.16 bits per heavy atom. The summed E-state index contributed by atoms with van der Waals surface area (Å²) in [7, 11) is 1.98. The Hall–Kier alpha value is -1.26. The largest absolute Gasteiger partial charge is 0.392 e. The van der Waals surface area contributed by atoms with Crippen molar-refractivity contribution in [2.75, 3.05) is 5.75 Å². The van der Waals surface area contributed by atoms with Gasteiger partial charge >= 0.3 is 0 Å². The predicted octanol–water partition coefficient (Wildman–Crippen LogP) is 2.81. The summed E-state index contributed by atoms with van der Waals surface area (Å²) in [6, 6.07) is 8.28. The Bertz CT molecular complexity index is 524. The summed E-state index contributed by atoms with van der Waals surface area (Å²) in [5.74, 6) is 1.76. The lowest BCUT2D eigenvalue weighted by Gasteiger charge is -2.11. The van der Waals surface area contributed by atoms with Crippen LogP contribution in [0.1, 0.15) is 17.8 Å². The second-order valence-electron chi connectivity index (χ2n) is 4.72. The second-order valence-corrected chi connectivity index (χ2v) is 5.79. The highest BCUT2D eigenvalue weighted by molar-refractivity contribution is 7.99. The Kier molecular flexibility index (Phi) is 5.05. The van der Waals surface area contributed by atoms with Crippen LogP contribution in [0.15, 0.2) is 41.6 Å².